The number of allylic oxidation sites excluding steroid dienone is 1. The maximum Gasteiger partial charge on any atom is 0.149 e. The van der Waals surface area contributed by atoms with Gasteiger partial charge < -0.3 is 4.90 Å². The fraction of sp³-hybridized carbons (Fsp3) is 0.500. The summed E-state index contributed by atoms with van der Waals surface area (Å²) in [5.74, 6) is 1.84. The van der Waals surface area contributed by atoms with E-state index >= 15 is 0 Å². The summed E-state index contributed by atoms with van der Waals surface area (Å²) in [6.07, 6.45) is 0.884. The second-order valence-corrected chi connectivity index (χ2v) is 3.31. The monoisotopic (exact) mass is 188 g/mol. The van der Waals surface area contributed by atoms with E-state index in [1.54, 1.807) is 0 Å². The molecule has 0 N–H and O–H groups in total. The highest BCUT2D eigenvalue weighted by molar-refractivity contribution is 6.14. The van der Waals surface area contributed by atoms with Crippen LogP contribution in [0.1, 0.15) is 20.3 Å². The molecule has 14 heavy (non-hydrogen) atoms. The summed E-state index contributed by atoms with van der Waals surface area (Å²) in [5, 5.41) is 8.98. The van der Waals surface area contributed by atoms with E-state index in [2.05, 4.69) is 23.0 Å². The summed E-state index contributed by atoms with van der Waals surface area (Å²) in [4.78, 5) is 10.8. The van der Waals surface area contributed by atoms with Gasteiger partial charge in [0.25, 0.3) is 0 Å². The Morgan fingerprint density at radius 1 is 1.57 bits per heavy atom. The molecule has 0 spiro atoms. The van der Waals surface area contributed by atoms with Crippen LogP contribution >= 0.6 is 0 Å². The molecule has 0 bridgehead atoms. The molecule has 4 nitrogen and oxygen atoms in total. The lowest BCUT2D eigenvalue weighted by Crippen LogP contribution is -2.37. The minimum absolute atomic E-state index is 0.625. The third kappa shape index (κ3) is 1.13. The molecule has 0 radical (unpaired) electrons. The van der Waals surface area contributed by atoms with E-state index in [1.807, 2.05) is 11.8 Å². The van der Waals surface area contributed by atoms with Crippen molar-refractivity contribution in [1.29, 1.82) is 5.26 Å². The van der Waals surface area contributed by atoms with Gasteiger partial charge in [-0.3, -0.25) is 4.99 Å². The molecule has 0 amide bonds. The van der Waals surface area contributed by atoms with E-state index in [4.69, 9.17) is 5.26 Å². The van der Waals surface area contributed by atoms with Crippen molar-refractivity contribution in [3.63, 3.8) is 0 Å². The number of nitrogens with zero attached hydrogens (tertiary/aromatic N) is 4. The molecule has 4 heteroatoms. The van der Waals surface area contributed by atoms with Crippen molar-refractivity contribution in [3.8, 4) is 6.07 Å². The molecule has 2 rings (SSSR count). The first-order chi connectivity index (χ1) is 6.77. The van der Waals surface area contributed by atoms with E-state index in [1.165, 1.54) is 0 Å². The van der Waals surface area contributed by atoms with Gasteiger partial charge in [0.1, 0.15) is 23.3 Å². The van der Waals surface area contributed by atoms with Crippen molar-refractivity contribution in [3.05, 3.63) is 11.3 Å². The average Bonchev–Trinajstić information content (AvgIpc) is 2.65. The van der Waals surface area contributed by atoms with Gasteiger partial charge in [0.2, 0.25) is 0 Å². The fourth-order valence-electron chi connectivity index (χ4n) is 1.78. The molecule has 0 saturated heterocycles. The van der Waals surface area contributed by atoms with Crippen molar-refractivity contribution in [2.75, 3.05) is 13.1 Å². The quantitative estimate of drug-likeness (QED) is 0.623. The zero-order valence-corrected chi connectivity index (χ0v) is 8.41. The second kappa shape index (κ2) is 3.26. The molecule has 2 aliphatic heterocycles. The lowest BCUT2D eigenvalue weighted by molar-refractivity contribution is 0.643. The molecule has 0 saturated carbocycles. The van der Waals surface area contributed by atoms with Gasteiger partial charge in [-0.2, -0.15) is 5.26 Å². The van der Waals surface area contributed by atoms with E-state index in [0.29, 0.717) is 5.57 Å². The van der Waals surface area contributed by atoms with E-state index in [9.17, 15) is 0 Å². The van der Waals surface area contributed by atoms with Crippen LogP contribution in [0.15, 0.2) is 21.3 Å². The predicted molar refractivity (Wildman–Crippen MR) is 55.0 cm³/mol. The molecular weight excluding hydrogens is 176 g/mol. The normalized spacial score (nSPS) is 20.2. The fourth-order valence-corrected chi connectivity index (χ4v) is 1.78. The topological polar surface area (TPSA) is 51.8 Å². The zero-order valence-electron chi connectivity index (χ0n) is 8.41. The molecule has 2 heterocycles. The maximum atomic E-state index is 8.98. The van der Waals surface area contributed by atoms with Crippen LogP contribution < -0.4 is 0 Å². The van der Waals surface area contributed by atoms with Crippen molar-refractivity contribution >= 4 is 11.7 Å². The minimum atomic E-state index is 0.625. The number of hydrogen-bond acceptors (Lipinski definition) is 4. The van der Waals surface area contributed by atoms with Gasteiger partial charge in [-0.05, 0) is 6.92 Å². The number of amidine groups is 2. The summed E-state index contributed by atoms with van der Waals surface area (Å²) >= 11 is 0. The lowest BCUT2D eigenvalue weighted by Gasteiger charge is -2.25. The van der Waals surface area contributed by atoms with Gasteiger partial charge in [0, 0.05) is 13.0 Å². The molecule has 0 unspecified atom stereocenters. The molecule has 0 aromatic rings. The van der Waals surface area contributed by atoms with Crippen molar-refractivity contribution in [1.82, 2.24) is 4.90 Å². The first kappa shape index (κ1) is 8.95. The Labute approximate surface area is 83.3 Å². The Bertz CT molecular complexity index is 395. The van der Waals surface area contributed by atoms with Crippen LogP contribution in [0.5, 0.6) is 0 Å². The standard InChI is InChI=1S/C10H12N4/c1-3-9-13-7(2)8(6-11)10-12-4-5-14(9)10/h3-5H2,1-2H3. The third-order valence-electron chi connectivity index (χ3n) is 2.46. The maximum absolute atomic E-state index is 8.98. The highest BCUT2D eigenvalue weighted by atomic mass is 15.3. The van der Waals surface area contributed by atoms with Gasteiger partial charge in [-0.1, -0.05) is 6.92 Å². The van der Waals surface area contributed by atoms with Crippen LogP contribution in [0, 0.1) is 11.3 Å². The van der Waals surface area contributed by atoms with Crippen LogP contribution in [0.25, 0.3) is 0 Å². The van der Waals surface area contributed by atoms with Crippen LogP contribution in [0.2, 0.25) is 0 Å². The number of aliphatic imine (C=N–C) groups is 2. The van der Waals surface area contributed by atoms with E-state index in [0.717, 1.165) is 36.9 Å². The van der Waals surface area contributed by atoms with Gasteiger partial charge in [0.05, 0.1) is 12.2 Å². The predicted octanol–water partition coefficient (Wildman–Crippen LogP) is 1.32. The van der Waals surface area contributed by atoms with E-state index < -0.39 is 0 Å². The van der Waals surface area contributed by atoms with Crippen LogP contribution in [-0.4, -0.2) is 29.7 Å². The molecule has 0 fully saturated rings. The summed E-state index contributed by atoms with van der Waals surface area (Å²) in [6.45, 7) is 5.57. The number of fused-ring (bicyclic) bond motifs is 1. The minimum Gasteiger partial charge on any atom is -0.312 e. The largest absolute Gasteiger partial charge is 0.312 e. The summed E-state index contributed by atoms with van der Waals surface area (Å²) in [7, 11) is 0. The molecule has 0 aromatic carbocycles. The molecule has 72 valence electrons. The Morgan fingerprint density at radius 2 is 2.36 bits per heavy atom. The Morgan fingerprint density at radius 3 is 3.00 bits per heavy atom. The van der Waals surface area contributed by atoms with Gasteiger partial charge >= 0.3 is 0 Å². The Balaban J connectivity index is 2.51. The van der Waals surface area contributed by atoms with Crippen molar-refractivity contribution in [2.45, 2.75) is 20.3 Å². The smallest absolute Gasteiger partial charge is 0.149 e. The summed E-state index contributed by atoms with van der Waals surface area (Å²) < 4.78 is 0. The van der Waals surface area contributed by atoms with Crippen LogP contribution in [-0.2, 0) is 0 Å². The second-order valence-electron chi connectivity index (χ2n) is 3.31. The molecule has 0 aliphatic carbocycles. The Kier molecular flexibility index (Phi) is 2.08. The van der Waals surface area contributed by atoms with Crippen LogP contribution in [0.3, 0.4) is 0 Å². The lowest BCUT2D eigenvalue weighted by atomic mass is 10.1. The zero-order chi connectivity index (χ0) is 10.1. The number of rotatable bonds is 1. The SMILES string of the molecule is CCC1=NC(C)=C(C#N)C2=NCCN12. The number of hydrogen-bond donors (Lipinski definition) is 0. The third-order valence-corrected chi connectivity index (χ3v) is 2.46. The van der Waals surface area contributed by atoms with Crippen molar-refractivity contribution < 1.29 is 0 Å². The summed E-state index contributed by atoms with van der Waals surface area (Å²) in [5.41, 5.74) is 1.42. The van der Waals surface area contributed by atoms with E-state index in [-0.39, 0.29) is 0 Å². The number of nitriles is 1. The molecular formula is C10H12N4. The summed E-state index contributed by atoms with van der Waals surface area (Å²) in [6, 6.07) is 2.17. The van der Waals surface area contributed by atoms with Gasteiger partial charge in [-0.25, -0.2) is 4.99 Å². The Hall–Kier alpha value is -1.63. The van der Waals surface area contributed by atoms with Gasteiger partial charge in [0.15, 0.2) is 0 Å². The molecule has 2 aliphatic rings. The average molecular weight is 188 g/mol. The van der Waals surface area contributed by atoms with Crippen molar-refractivity contribution in [2.24, 2.45) is 9.98 Å². The highest BCUT2D eigenvalue weighted by Gasteiger charge is 2.28. The highest BCUT2D eigenvalue weighted by Crippen LogP contribution is 2.21. The first-order valence-corrected chi connectivity index (χ1v) is 4.78. The first-order valence-electron chi connectivity index (χ1n) is 4.78. The molecule has 0 atom stereocenters. The molecule has 0 aromatic heterocycles. The van der Waals surface area contributed by atoms with Gasteiger partial charge in [-0.15, -0.1) is 0 Å². The van der Waals surface area contributed by atoms with Crippen LogP contribution in [0.4, 0.5) is 0 Å².